The van der Waals surface area contributed by atoms with Crippen molar-refractivity contribution in [2.75, 3.05) is 18.5 Å². The molecular weight excluding hydrogens is 374 g/mol. The Morgan fingerprint density at radius 1 is 1.04 bits per heavy atom. The zero-order valence-electron chi connectivity index (χ0n) is 16.3. The van der Waals surface area contributed by atoms with Crippen LogP contribution in [0, 0.1) is 6.92 Å². The molecule has 0 fully saturated rings. The first kappa shape index (κ1) is 20.1. The van der Waals surface area contributed by atoms with E-state index >= 15 is 0 Å². The summed E-state index contributed by atoms with van der Waals surface area (Å²) in [5.41, 5.74) is 3.77. The van der Waals surface area contributed by atoms with E-state index < -0.39 is 10.0 Å². The molecule has 0 radical (unpaired) electrons. The van der Waals surface area contributed by atoms with E-state index in [1.165, 1.54) is 0 Å². The monoisotopic (exact) mass is 399 g/mol. The second-order valence-electron chi connectivity index (χ2n) is 6.42. The predicted octanol–water partition coefficient (Wildman–Crippen LogP) is 3.85. The van der Waals surface area contributed by atoms with Crippen LogP contribution in [0.15, 0.2) is 53.4 Å². The third-order valence-corrected chi connectivity index (χ3v) is 5.83. The lowest BCUT2D eigenvalue weighted by Gasteiger charge is -2.13. The number of aromatic nitrogens is 1. The van der Waals surface area contributed by atoms with E-state index in [1.54, 1.807) is 19.1 Å². The van der Waals surface area contributed by atoms with E-state index in [9.17, 15) is 8.42 Å². The molecule has 0 unspecified atom stereocenters. The van der Waals surface area contributed by atoms with Crippen molar-refractivity contribution in [1.82, 2.24) is 9.71 Å². The van der Waals surface area contributed by atoms with Gasteiger partial charge in [-0.05, 0) is 55.8 Å². The molecule has 2 aromatic carbocycles. The Balaban J connectivity index is 1.82. The number of nitrogens with one attached hydrogen (secondary N) is 2. The molecule has 0 saturated carbocycles. The summed E-state index contributed by atoms with van der Waals surface area (Å²) in [5.74, 6) is 0.807. The van der Waals surface area contributed by atoms with Gasteiger partial charge in [0.05, 0.1) is 17.0 Å². The van der Waals surface area contributed by atoms with Gasteiger partial charge >= 0.3 is 0 Å². The second kappa shape index (κ2) is 8.58. The molecule has 0 aliphatic carbocycles. The van der Waals surface area contributed by atoms with Crippen molar-refractivity contribution >= 4 is 26.6 Å². The van der Waals surface area contributed by atoms with Gasteiger partial charge in [0.25, 0.3) is 0 Å². The quantitative estimate of drug-likeness (QED) is 0.601. The van der Waals surface area contributed by atoms with Crippen molar-refractivity contribution < 1.29 is 13.2 Å². The predicted molar refractivity (Wildman–Crippen MR) is 112 cm³/mol. The Morgan fingerprint density at radius 2 is 1.79 bits per heavy atom. The van der Waals surface area contributed by atoms with Gasteiger partial charge in [-0.3, -0.25) is 4.98 Å². The fourth-order valence-electron chi connectivity index (χ4n) is 3.00. The lowest BCUT2D eigenvalue weighted by molar-refractivity contribution is 0.340. The summed E-state index contributed by atoms with van der Waals surface area (Å²) in [6, 6.07) is 14.8. The molecule has 0 aliphatic rings. The van der Waals surface area contributed by atoms with Gasteiger partial charge in [0.2, 0.25) is 10.0 Å². The first-order chi connectivity index (χ1) is 13.4. The number of hydrogen-bond acceptors (Lipinski definition) is 5. The molecule has 2 N–H and O–H groups in total. The highest BCUT2D eigenvalue weighted by Crippen LogP contribution is 2.28. The number of anilines is 1. The fraction of sp³-hybridized carbons (Fsp3) is 0.286. The highest BCUT2D eigenvalue weighted by molar-refractivity contribution is 7.89. The Bertz CT molecular complexity index is 1060. The molecule has 1 aromatic heterocycles. The molecule has 0 saturated heterocycles. The summed E-state index contributed by atoms with van der Waals surface area (Å²) in [5, 5.41) is 4.43. The van der Waals surface area contributed by atoms with Gasteiger partial charge in [0.15, 0.2) is 0 Å². The molecule has 0 aliphatic heterocycles. The second-order valence-corrected chi connectivity index (χ2v) is 8.19. The maximum absolute atomic E-state index is 12.0. The van der Waals surface area contributed by atoms with Gasteiger partial charge in [0.1, 0.15) is 5.75 Å². The average Bonchev–Trinajstić information content (AvgIpc) is 2.67. The van der Waals surface area contributed by atoms with Crippen molar-refractivity contribution in [3.05, 3.63) is 59.8 Å². The molecule has 0 spiro atoms. The van der Waals surface area contributed by atoms with Gasteiger partial charge in [0, 0.05) is 29.9 Å². The average molecular weight is 400 g/mol. The summed E-state index contributed by atoms with van der Waals surface area (Å²) < 4.78 is 32.2. The standard InChI is InChI=1S/C21H25N3O3S/c1-4-23-28(25,26)18-9-6-16(7-10-18)14-22-21-12-15(3)24-20-11-8-17(27-5-2)13-19(20)21/h6-13,23H,4-5,14H2,1-3H3,(H,22,24). The summed E-state index contributed by atoms with van der Waals surface area (Å²) in [6.07, 6.45) is 0. The highest BCUT2D eigenvalue weighted by atomic mass is 32.2. The SMILES string of the molecule is CCNS(=O)(=O)c1ccc(CNc2cc(C)nc3ccc(OCC)cc23)cc1. The van der Waals surface area contributed by atoms with Gasteiger partial charge in [-0.1, -0.05) is 19.1 Å². The van der Waals surface area contributed by atoms with Crippen LogP contribution in [0.4, 0.5) is 5.69 Å². The van der Waals surface area contributed by atoms with Crippen LogP contribution < -0.4 is 14.8 Å². The largest absolute Gasteiger partial charge is 0.494 e. The molecule has 3 aromatic rings. The topological polar surface area (TPSA) is 80.3 Å². The normalized spacial score (nSPS) is 11.5. The molecule has 0 bridgehead atoms. The maximum Gasteiger partial charge on any atom is 0.240 e. The van der Waals surface area contributed by atoms with E-state index in [4.69, 9.17) is 4.74 Å². The zero-order chi connectivity index (χ0) is 20.1. The van der Waals surface area contributed by atoms with Crippen LogP contribution in [0.1, 0.15) is 25.1 Å². The van der Waals surface area contributed by atoms with E-state index in [2.05, 4.69) is 15.0 Å². The fourth-order valence-corrected chi connectivity index (χ4v) is 4.04. The number of pyridine rings is 1. The number of ether oxygens (including phenoxy) is 1. The minimum atomic E-state index is -3.43. The minimum Gasteiger partial charge on any atom is -0.494 e. The van der Waals surface area contributed by atoms with Crippen LogP contribution in [-0.2, 0) is 16.6 Å². The molecule has 0 atom stereocenters. The summed E-state index contributed by atoms with van der Waals surface area (Å²) in [7, 11) is -3.43. The molecule has 3 rings (SSSR count). The van der Waals surface area contributed by atoms with Crippen molar-refractivity contribution in [3.8, 4) is 5.75 Å². The summed E-state index contributed by atoms with van der Waals surface area (Å²) in [6.45, 7) is 7.21. The molecule has 1 heterocycles. The van der Waals surface area contributed by atoms with Crippen LogP contribution in [-0.4, -0.2) is 26.6 Å². The molecule has 7 heteroatoms. The van der Waals surface area contributed by atoms with Gasteiger partial charge in [-0.15, -0.1) is 0 Å². The first-order valence-electron chi connectivity index (χ1n) is 9.29. The van der Waals surface area contributed by atoms with E-state index in [-0.39, 0.29) is 4.90 Å². The minimum absolute atomic E-state index is 0.268. The van der Waals surface area contributed by atoms with Crippen LogP contribution >= 0.6 is 0 Å². The molecule has 6 nitrogen and oxygen atoms in total. The summed E-state index contributed by atoms with van der Waals surface area (Å²) >= 11 is 0. The third-order valence-electron chi connectivity index (χ3n) is 4.27. The number of sulfonamides is 1. The van der Waals surface area contributed by atoms with Gasteiger partial charge in [-0.25, -0.2) is 13.1 Å². The number of fused-ring (bicyclic) bond motifs is 1. The number of benzene rings is 2. The lowest BCUT2D eigenvalue weighted by atomic mass is 10.1. The number of nitrogens with zero attached hydrogens (tertiary/aromatic N) is 1. The number of aryl methyl sites for hydroxylation is 1. The third kappa shape index (κ3) is 4.61. The van der Waals surface area contributed by atoms with Crippen LogP contribution in [0.25, 0.3) is 10.9 Å². The van der Waals surface area contributed by atoms with E-state index in [0.29, 0.717) is 19.7 Å². The van der Waals surface area contributed by atoms with Crippen molar-refractivity contribution in [2.45, 2.75) is 32.2 Å². The van der Waals surface area contributed by atoms with Crippen molar-refractivity contribution in [3.63, 3.8) is 0 Å². The zero-order valence-corrected chi connectivity index (χ0v) is 17.1. The Hall–Kier alpha value is -2.64. The van der Waals surface area contributed by atoms with Crippen molar-refractivity contribution in [1.29, 1.82) is 0 Å². The Morgan fingerprint density at radius 3 is 2.46 bits per heavy atom. The molecular formula is C21H25N3O3S. The Kier molecular flexibility index (Phi) is 6.16. The first-order valence-corrected chi connectivity index (χ1v) is 10.8. The molecule has 28 heavy (non-hydrogen) atoms. The smallest absolute Gasteiger partial charge is 0.240 e. The molecule has 0 amide bonds. The van der Waals surface area contributed by atoms with Gasteiger partial charge < -0.3 is 10.1 Å². The summed E-state index contributed by atoms with van der Waals surface area (Å²) in [4.78, 5) is 4.85. The Labute approximate surface area is 166 Å². The lowest BCUT2D eigenvalue weighted by Crippen LogP contribution is -2.23. The van der Waals surface area contributed by atoms with E-state index in [0.717, 1.165) is 33.6 Å². The van der Waals surface area contributed by atoms with Crippen LogP contribution in [0.2, 0.25) is 0 Å². The van der Waals surface area contributed by atoms with Crippen LogP contribution in [0.3, 0.4) is 0 Å². The van der Waals surface area contributed by atoms with Crippen molar-refractivity contribution in [2.24, 2.45) is 0 Å². The van der Waals surface area contributed by atoms with Gasteiger partial charge in [-0.2, -0.15) is 0 Å². The molecule has 148 valence electrons. The maximum atomic E-state index is 12.0. The number of hydrogen-bond donors (Lipinski definition) is 2. The van der Waals surface area contributed by atoms with E-state index in [1.807, 2.05) is 50.2 Å². The van der Waals surface area contributed by atoms with Crippen LogP contribution in [0.5, 0.6) is 5.75 Å². The highest BCUT2D eigenvalue weighted by Gasteiger charge is 2.12. The number of rotatable bonds is 8.